The number of hydrogen-bond acceptors (Lipinski definition) is 4. The molecule has 1 amide bonds. The van der Waals surface area contributed by atoms with E-state index in [-0.39, 0.29) is 18.0 Å². The van der Waals surface area contributed by atoms with Gasteiger partial charge >= 0.3 is 0 Å². The van der Waals surface area contributed by atoms with Gasteiger partial charge in [0.25, 0.3) is 5.91 Å². The van der Waals surface area contributed by atoms with Gasteiger partial charge in [-0.2, -0.15) is 5.10 Å². The fourth-order valence-electron chi connectivity index (χ4n) is 4.62. The molecule has 6 nitrogen and oxygen atoms in total. The Labute approximate surface area is 188 Å². The Morgan fingerprint density at radius 1 is 1.22 bits per heavy atom. The molecule has 2 aromatic carbocycles. The van der Waals surface area contributed by atoms with E-state index in [1.807, 2.05) is 38.7 Å². The molecule has 1 saturated heterocycles. The van der Waals surface area contributed by atoms with Crippen molar-refractivity contribution in [2.24, 2.45) is 12.8 Å². The third-order valence-electron chi connectivity index (χ3n) is 6.48. The minimum atomic E-state index is -0.416. The van der Waals surface area contributed by atoms with Crippen LogP contribution in [0.25, 0.3) is 22.0 Å². The molecule has 3 aromatic rings. The van der Waals surface area contributed by atoms with Gasteiger partial charge < -0.3 is 15.5 Å². The topological polar surface area (TPSA) is 67.4 Å². The largest absolute Gasteiger partial charge is 0.371 e. The Hall–Kier alpha value is -2.93. The van der Waals surface area contributed by atoms with Gasteiger partial charge in [-0.05, 0) is 69.0 Å². The zero-order valence-corrected chi connectivity index (χ0v) is 19.3. The summed E-state index contributed by atoms with van der Waals surface area (Å²) >= 11 is 0. The maximum absolute atomic E-state index is 14.3. The average Bonchev–Trinajstić information content (AvgIpc) is 3.14. The summed E-state index contributed by atoms with van der Waals surface area (Å²) in [7, 11) is 1.91. The molecule has 7 heteroatoms. The van der Waals surface area contributed by atoms with E-state index in [9.17, 15) is 9.18 Å². The van der Waals surface area contributed by atoms with E-state index in [2.05, 4.69) is 22.1 Å². The Morgan fingerprint density at radius 2 is 1.94 bits per heavy atom. The van der Waals surface area contributed by atoms with Gasteiger partial charge in [-0.25, -0.2) is 4.39 Å². The molecule has 0 aliphatic carbocycles. The van der Waals surface area contributed by atoms with Crippen molar-refractivity contribution >= 4 is 22.5 Å². The molecule has 0 atom stereocenters. The monoisotopic (exact) mass is 437 g/mol. The molecule has 0 unspecified atom stereocenters. The van der Waals surface area contributed by atoms with Gasteiger partial charge in [0.2, 0.25) is 0 Å². The van der Waals surface area contributed by atoms with E-state index in [0.29, 0.717) is 12.1 Å². The molecule has 0 saturated carbocycles. The number of aryl methyl sites for hydroxylation is 1. The summed E-state index contributed by atoms with van der Waals surface area (Å²) in [6, 6.07) is 9.00. The van der Waals surface area contributed by atoms with E-state index in [0.717, 1.165) is 53.6 Å². The first-order valence-corrected chi connectivity index (χ1v) is 11.4. The van der Waals surface area contributed by atoms with Gasteiger partial charge in [0.05, 0.1) is 17.3 Å². The predicted octanol–water partition coefficient (Wildman–Crippen LogP) is 4.18. The average molecular weight is 438 g/mol. The van der Waals surface area contributed by atoms with Crippen LogP contribution >= 0.6 is 0 Å². The number of nitrogens with two attached hydrogens (primary N) is 1. The molecule has 1 aromatic heterocycles. The van der Waals surface area contributed by atoms with E-state index < -0.39 is 5.82 Å². The van der Waals surface area contributed by atoms with E-state index in [4.69, 9.17) is 5.73 Å². The minimum absolute atomic E-state index is 0.0194. The Morgan fingerprint density at radius 3 is 2.59 bits per heavy atom. The molecule has 1 aliphatic heterocycles. The van der Waals surface area contributed by atoms with Crippen molar-refractivity contribution in [3.8, 4) is 11.1 Å². The van der Waals surface area contributed by atoms with Crippen LogP contribution in [0.2, 0.25) is 0 Å². The summed E-state index contributed by atoms with van der Waals surface area (Å²) in [6.45, 7) is 8.22. The number of aromatic nitrogens is 2. The van der Waals surface area contributed by atoms with E-state index in [1.165, 1.54) is 12.1 Å². The summed E-state index contributed by atoms with van der Waals surface area (Å²) in [4.78, 5) is 17.5. The van der Waals surface area contributed by atoms with Crippen LogP contribution in [0.3, 0.4) is 0 Å². The van der Waals surface area contributed by atoms with Gasteiger partial charge in [0, 0.05) is 49.8 Å². The number of amides is 1. The summed E-state index contributed by atoms with van der Waals surface area (Å²) in [5.74, 6) is -0.580. The standard InChI is InChI=1S/C25H32FN5O/c1-5-31(16(2)3)25(32)22-12-17(26)6-7-20(22)21-13-19(30-10-8-18(27)9-11-30)14-24-23(21)15-28-29(24)4/h6-7,12-16,18H,5,8-11,27H2,1-4H3. The maximum Gasteiger partial charge on any atom is 0.254 e. The number of carbonyl (C=O) groups is 1. The molecule has 1 aliphatic rings. The summed E-state index contributed by atoms with van der Waals surface area (Å²) in [6.07, 6.45) is 3.70. The number of carbonyl (C=O) groups excluding carboxylic acids is 1. The van der Waals surface area contributed by atoms with Crippen molar-refractivity contribution in [3.05, 3.63) is 47.9 Å². The quantitative estimate of drug-likeness (QED) is 0.650. The van der Waals surface area contributed by atoms with Crippen LogP contribution in [-0.4, -0.2) is 52.3 Å². The van der Waals surface area contributed by atoms with Gasteiger partial charge in [0.15, 0.2) is 0 Å². The van der Waals surface area contributed by atoms with Gasteiger partial charge in [-0.15, -0.1) is 0 Å². The fraction of sp³-hybridized carbons (Fsp3) is 0.440. The molecule has 4 rings (SSSR count). The highest BCUT2D eigenvalue weighted by atomic mass is 19.1. The Bertz CT molecular complexity index is 1130. The SMILES string of the molecule is CCN(C(=O)c1cc(F)ccc1-c1cc(N2CCC(N)CC2)cc2c1cnn2C)C(C)C. The molecule has 170 valence electrons. The third-order valence-corrected chi connectivity index (χ3v) is 6.48. The van der Waals surface area contributed by atoms with Crippen LogP contribution in [0.4, 0.5) is 10.1 Å². The first kappa shape index (κ1) is 22.3. The summed E-state index contributed by atoms with van der Waals surface area (Å²) in [5.41, 5.74) is 10.2. The van der Waals surface area contributed by atoms with Crippen LogP contribution in [-0.2, 0) is 7.05 Å². The predicted molar refractivity (Wildman–Crippen MR) is 127 cm³/mol. The van der Waals surface area contributed by atoms with E-state index in [1.54, 1.807) is 11.0 Å². The van der Waals surface area contributed by atoms with Gasteiger partial charge in [-0.3, -0.25) is 9.48 Å². The summed E-state index contributed by atoms with van der Waals surface area (Å²) in [5, 5.41) is 5.40. The highest BCUT2D eigenvalue weighted by Gasteiger charge is 2.24. The number of hydrogen-bond donors (Lipinski definition) is 1. The molecule has 0 radical (unpaired) electrons. The molecule has 2 N–H and O–H groups in total. The minimum Gasteiger partial charge on any atom is -0.371 e. The number of anilines is 1. The number of halogens is 1. The lowest BCUT2D eigenvalue weighted by Crippen LogP contribution is -2.39. The van der Waals surface area contributed by atoms with E-state index >= 15 is 0 Å². The van der Waals surface area contributed by atoms with Crippen LogP contribution < -0.4 is 10.6 Å². The molecule has 32 heavy (non-hydrogen) atoms. The lowest BCUT2D eigenvalue weighted by Gasteiger charge is -2.32. The van der Waals surface area contributed by atoms with Crippen LogP contribution in [0, 0.1) is 5.82 Å². The number of benzene rings is 2. The zero-order valence-electron chi connectivity index (χ0n) is 19.3. The number of nitrogens with zero attached hydrogens (tertiary/aromatic N) is 4. The molecular formula is C25H32FN5O. The van der Waals surface area contributed by atoms with Crippen molar-refractivity contribution < 1.29 is 9.18 Å². The second-order valence-corrected chi connectivity index (χ2v) is 8.89. The Kier molecular flexibility index (Phi) is 6.20. The van der Waals surface area contributed by atoms with Gasteiger partial charge in [-0.1, -0.05) is 6.07 Å². The zero-order chi connectivity index (χ0) is 23.0. The summed E-state index contributed by atoms with van der Waals surface area (Å²) < 4.78 is 16.2. The van der Waals surface area contributed by atoms with Gasteiger partial charge in [0.1, 0.15) is 5.82 Å². The number of piperidine rings is 1. The van der Waals surface area contributed by atoms with Crippen molar-refractivity contribution in [1.29, 1.82) is 0 Å². The third kappa shape index (κ3) is 4.09. The highest BCUT2D eigenvalue weighted by Crippen LogP contribution is 2.36. The van der Waals surface area contributed by atoms with Crippen molar-refractivity contribution in [1.82, 2.24) is 14.7 Å². The second kappa shape index (κ2) is 8.90. The lowest BCUT2D eigenvalue weighted by atomic mass is 9.94. The second-order valence-electron chi connectivity index (χ2n) is 8.89. The first-order chi connectivity index (χ1) is 15.3. The number of rotatable bonds is 5. The lowest BCUT2D eigenvalue weighted by molar-refractivity contribution is 0.0717. The smallest absolute Gasteiger partial charge is 0.254 e. The molecule has 1 fully saturated rings. The number of fused-ring (bicyclic) bond motifs is 1. The fourth-order valence-corrected chi connectivity index (χ4v) is 4.62. The van der Waals surface area contributed by atoms with Crippen molar-refractivity contribution in [2.45, 2.75) is 45.7 Å². The molecule has 2 heterocycles. The molecule has 0 bridgehead atoms. The van der Waals surface area contributed by atoms with Crippen molar-refractivity contribution in [3.63, 3.8) is 0 Å². The van der Waals surface area contributed by atoms with Crippen LogP contribution in [0.5, 0.6) is 0 Å². The van der Waals surface area contributed by atoms with Crippen LogP contribution in [0.15, 0.2) is 36.5 Å². The molecular weight excluding hydrogens is 405 g/mol. The maximum atomic E-state index is 14.3. The highest BCUT2D eigenvalue weighted by molar-refractivity contribution is 6.06. The Balaban J connectivity index is 1.89. The molecule has 0 spiro atoms. The van der Waals surface area contributed by atoms with Crippen LogP contribution in [0.1, 0.15) is 44.0 Å². The normalized spacial score (nSPS) is 15.0. The van der Waals surface area contributed by atoms with Crippen molar-refractivity contribution in [2.75, 3.05) is 24.5 Å². The first-order valence-electron chi connectivity index (χ1n) is 11.4.